The predicted molar refractivity (Wildman–Crippen MR) is 81.6 cm³/mol. The monoisotopic (exact) mass is 282 g/mol. The van der Waals surface area contributed by atoms with Gasteiger partial charge < -0.3 is 4.42 Å². The lowest BCUT2D eigenvalue weighted by Gasteiger charge is -2.09. The van der Waals surface area contributed by atoms with Gasteiger partial charge in [-0.05, 0) is 12.1 Å². The second-order valence-electron chi connectivity index (χ2n) is 4.69. The molecule has 5 nitrogen and oxygen atoms in total. The van der Waals surface area contributed by atoms with Crippen molar-refractivity contribution < 1.29 is 4.42 Å². The molecular formula is C16H14N2O3. The van der Waals surface area contributed by atoms with Crippen LogP contribution in [-0.2, 0) is 13.0 Å². The summed E-state index contributed by atoms with van der Waals surface area (Å²) in [6.07, 6.45) is 2.17. The van der Waals surface area contributed by atoms with Crippen LogP contribution in [0.3, 0.4) is 0 Å². The maximum Gasteiger partial charge on any atom is 0.269 e. The van der Waals surface area contributed by atoms with Crippen LogP contribution >= 0.6 is 0 Å². The Morgan fingerprint density at radius 1 is 1.33 bits per heavy atom. The number of hydrogen-bond donors (Lipinski definition) is 0. The average molecular weight is 282 g/mol. The summed E-state index contributed by atoms with van der Waals surface area (Å²) in [4.78, 5) is 29.4. The van der Waals surface area contributed by atoms with Crippen LogP contribution < -0.4 is 11.0 Å². The van der Waals surface area contributed by atoms with Crippen molar-refractivity contribution in [3.8, 4) is 0 Å². The first kappa shape index (κ1) is 13.3. The zero-order valence-electron chi connectivity index (χ0n) is 11.6. The summed E-state index contributed by atoms with van der Waals surface area (Å²) >= 11 is 0. The summed E-state index contributed by atoms with van der Waals surface area (Å²) in [6, 6.07) is 6.85. The number of benzene rings is 1. The number of rotatable bonds is 3. The molecule has 5 heteroatoms. The molecule has 0 saturated carbocycles. The summed E-state index contributed by atoms with van der Waals surface area (Å²) in [5, 5.41) is 0.381. The van der Waals surface area contributed by atoms with Gasteiger partial charge in [-0.3, -0.25) is 14.2 Å². The fourth-order valence-electron chi connectivity index (χ4n) is 2.41. The number of aryl methyl sites for hydroxylation is 1. The normalized spacial score (nSPS) is 11.1. The third kappa shape index (κ3) is 1.98. The summed E-state index contributed by atoms with van der Waals surface area (Å²) in [7, 11) is 0. The molecule has 3 aromatic rings. The van der Waals surface area contributed by atoms with E-state index in [2.05, 4.69) is 11.6 Å². The molecule has 0 aliphatic rings. The highest BCUT2D eigenvalue weighted by Gasteiger charge is 2.16. The Kier molecular flexibility index (Phi) is 3.17. The van der Waals surface area contributed by atoms with E-state index in [4.69, 9.17) is 4.42 Å². The first-order chi connectivity index (χ1) is 10.2. The number of para-hydroxylation sites is 1. The van der Waals surface area contributed by atoms with Crippen molar-refractivity contribution in [2.75, 3.05) is 0 Å². The number of allylic oxidation sites excluding steroid dienone is 1. The van der Waals surface area contributed by atoms with Crippen molar-refractivity contribution in [3.05, 3.63) is 63.3 Å². The summed E-state index contributed by atoms with van der Waals surface area (Å²) < 4.78 is 7.09. The van der Waals surface area contributed by atoms with Crippen molar-refractivity contribution in [1.82, 2.24) is 9.55 Å². The Bertz CT molecular complexity index is 967. The Labute approximate surface area is 120 Å². The van der Waals surface area contributed by atoms with Gasteiger partial charge >= 0.3 is 0 Å². The molecule has 0 atom stereocenters. The van der Waals surface area contributed by atoms with Crippen LogP contribution in [0, 0.1) is 0 Å². The molecule has 3 rings (SSSR count). The highest BCUT2D eigenvalue weighted by atomic mass is 16.3. The van der Waals surface area contributed by atoms with Gasteiger partial charge in [0.25, 0.3) is 5.56 Å². The molecule has 0 N–H and O–H groups in total. The largest absolute Gasteiger partial charge is 0.437 e. The van der Waals surface area contributed by atoms with Gasteiger partial charge in [0.15, 0.2) is 5.39 Å². The molecule has 0 aliphatic heterocycles. The van der Waals surface area contributed by atoms with Gasteiger partial charge in [0.1, 0.15) is 11.4 Å². The number of fused-ring (bicyclic) bond motifs is 2. The van der Waals surface area contributed by atoms with E-state index in [1.165, 1.54) is 4.57 Å². The Morgan fingerprint density at radius 3 is 2.81 bits per heavy atom. The maximum absolute atomic E-state index is 12.6. The minimum atomic E-state index is -0.378. The molecule has 0 amide bonds. The van der Waals surface area contributed by atoms with E-state index >= 15 is 0 Å². The lowest BCUT2D eigenvalue weighted by Crippen LogP contribution is -2.28. The quantitative estimate of drug-likeness (QED) is 0.546. The van der Waals surface area contributed by atoms with Crippen LogP contribution in [-0.4, -0.2) is 9.55 Å². The molecule has 2 heterocycles. The van der Waals surface area contributed by atoms with Crippen molar-refractivity contribution in [2.45, 2.75) is 19.9 Å². The average Bonchev–Trinajstić information content (AvgIpc) is 2.50. The van der Waals surface area contributed by atoms with Gasteiger partial charge in [-0.25, -0.2) is 0 Å². The maximum atomic E-state index is 12.6. The van der Waals surface area contributed by atoms with Crippen LogP contribution in [0.25, 0.3) is 22.1 Å². The molecular weight excluding hydrogens is 268 g/mol. The third-order valence-electron chi connectivity index (χ3n) is 3.41. The molecule has 106 valence electrons. The summed E-state index contributed by atoms with van der Waals surface area (Å²) in [5.74, 6) is 0.575. The Balaban J connectivity index is 2.55. The van der Waals surface area contributed by atoms with Crippen LogP contribution in [0.5, 0.6) is 0 Å². The van der Waals surface area contributed by atoms with E-state index in [0.29, 0.717) is 29.8 Å². The van der Waals surface area contributed by atoms with Crippen LogP contribution in [0.2, 0.25) is 0 Å². The van der Waals surface area contributed by atoms with E-state index in [1.54, 1.807) is 30.3 Å². The van der Waals surface area contributed by atoms with Crippen LogP contribution in [0.1, 0.15) is 12.7 Å². The van der Waals surface area contributed by atoms with Crippen molar-refractivity contribution >= 4 is 22.1 Å². The standard InChI is InChI=1S/C16H14N2O3/c1-3-9-18-12(4-2)17-15-13(16(18)20)14(19)10-7-5-6-8-11(10)21-15/h3,5-8H,1,4,9H2,2H3. The minimum absolute atomic E-state index is 0.00671. The molecule has 0 aliphatic carbocycles. The van der Waals surface area contributed by atoms with E-state index in [-0.39, 0.29) is 22.1 Å². The predicted octanol–water partition coefficient (Wildman–Crippen LogP) is 2.25. The third-order valence-corrected chi connectivity index (χ3v) is 3.41. The van der Waals surface area contributed by atoms with E-state index < -0.39 is 0 Å². The van der Waals surface area contributed by atoms with E-state index in [9.17, 15) is 9.59 Å². The molecule has 0 fully saturated rings. The van der Waals surface area contributed by atoms with E-state index in [1.807, 2.05) is 6.92 Å². The van der Waals surface area contributed by atoms with Gasteiger partial charge in [0, 0.05) is 13.0 Å². The van der Waals surface area contributed by atoms with Gasteiger partial charge in [-0.1, -0.05) is 25.1 Å². The van der Waals surface area contributed by atoms with Crippen LogP contribution in [0.4, 0.5) is 0 Å². The second-order valence-corrected chi connectivity index (χ2v) is 4.69. The summed E-state index contributed by atoms with van der Waals surface area (Å²) in [6.45, 7) is 5.85. The number of nitrogens with zero attached hydrogens (tertiary/aromatic N) is 2. The number of hydrogen-bond acceptors (Lipinski definition) is 4. The topological polar surface area (TPSA) is 65.1 Å². The lowest BCUT2D eigenvalue weighted by atomic mass is 10.2. The SMILES string of the molecule is C=CCn1c(CC)nc2oc3ccccc3c(=O)c2c1=O. The lowest BCUT2D eigenvalue weighted by molar-refractivity contribution is 0.619. The Morgan fingerprint density at radius 2 is 2.10 bits per heavy atom. The van der Waals surface area contributed by atoms with Gasteiger partial charge in [0.05, 0.1) is 5.39 Å². The highest BCUT2D eigenvalue weighted by Crippen LogP contribution is 2.15. The Hall–Kier alpha value is -2.69. The van der Waals surface area contributed by atoms with E-state index in [0.717, 1.165) is 0 Å². The second kappa shape index (κ2) is 5.01. The minimum Gasteiger partial charge on any atom is -0.437 e. The molecule has 0 radical (unpaired) electrons. The fraction of sp³-hybridized carbons (Fsp3) is 0.188. The smallest absolute Gasteiger partial charge is 0.269 e. The van der Waals surface area contributed by atoms with Crippen molar-refractivity contribution in [2.24, 2.45) is 0 Å². The van der Waals surface area contributed by atoms with Gasteiger partial charge in [-0.2, -0.15) is 4.98 Å². The fourth-order valence-corrected chi connectivity index (χ4v) is 2.41. The van der Waals surface area contributed by atoms with Crippen LogP contribution in [0.15, 0.2) is 50.9 Å². The zero-order valence-corrected chi connectivity index (χ0v) is 11.6. The molecule has 0 spiro atoms. The molecule has 1 aromatic carbocycles. The molecule has 0 bridgehead atoms. The van der Waals surface area contributed by atoms with Crippen molar-refractivity contribution in [1.29, 1.82) is 0 Å². The first-order valence-electron chi connectivity index (χ1n) is 6.73. The molecule has 0 saturated heterocycles. The number of aromatic nitrogens is 2. The zero-order chi connectivity index (χ0) is 15.0. The van der Waals surface area contributed by atoms with Crippen molar-refractivity contribution in [3.63, 3.8) is 0 Å². The molecule has 21 heavy (non-hydrogen) atoms. The molecule has 0 unspecified atom stereocenters. The first-order valence-corrected chi connectivity index (χ1v) is 6.73. The molecule has 2 aromatic heterocycles. The van der Waals surface area contributed by atoms with Gasteiger partial charge in [-0.15, -0.1) is 6.58 Å². The van der Waals surface area contributed by atoms with Gasteiger partial charge in [0.2, 0.25) is 11.1 Å². The summed E-state index contributed by atoms with van der Waals surface area (Å²) in [5.41, 5.74) is -0.188. The highest BCUT2D eigenvalue weighted by molar-refractivity contribution is 5.87.